The zero-order valence-corrected chi connectivity index (χ0v) is 10.6. The number of fused-ring (bicyclic) bond motifs is 1. The van der Waals surface area contributed by atoms with Gasteiger partial charge >= 0.3 is 5.97 Å². The molecule has 0 saturated carbocycles. The summed E-state index contributed by atoms with van der Waals surface area (Å²) in [6, 6.07) is 3.66. The van der Waals surface area contributed by atoms with Crippen LogP contribution >= 0.6 is 0 Å². The van der Waals surface area contributed by atoms with Gasteiger partial charge < -0.3 is 19.8 Å². The van der Waals surface area contributed by atoms with Crippen molar-refractivity contribution in [3.05, 3.63) is 29.3 Å². The highest BCUT2D eigenvalue weighted by molar-refractivity contribution is 5.87. The number of hydrogen-bond donors (Lipinski definition) is 2. The van der Waals surface area contributed by atoms with Gasteiger partial charge in [-0.3, -0.25) is 0 Å². The highest BCUT2D eigenvalue weighted by Gasteiger charge is 2.28. The molecule has 3 heterocycles. The van der Waals surface area contributed by atoms with Gasteiger partial charge in [-0.2, -0.15) is 0 Å². The van der Waals surface area contributed by atoms with E-state index >= 15 is 0 Å². The van der Waals surface area contributed by atoms with E-state index < -0.39 is 5.97 Å². The number of aromatic carboxylic acids is 1. The minimum atomic E-state index is -1.01. The lowest BCUT2D eigenvalue weighted by atomic mass is 10.0. The van der Waals surface area contributed by atoms with Crippen LogP contribution in [0.4, 0.5) is 0 Å². The molecule has 3 N–H and O–H groups in total. The first-order chi connectivity index (χ1) is 9.06. The van der Waals surface area contributed by atoms with E-state index in [2.05, 4.69) is 4.98 Å². The van der Waals surface area contributed by atoms with Crippen LogP contribution in [0.15, 0.2) is 16.5 Å². The van der Waals surface area contributed by atoms with Crippen LogP contribution < -0.4 is 5.73 Å². The van der Waals surface area contributed by atoms with Crippen molar-refractivity contribution >= 4 is 5.97 Å². The van der Waals surface area contributed by atoms with Crippen molar-refractivity contribution in [1.82, 2.24) is 9.55 Å². The first-order valence-corrected chi connectivity index (χ1v) is 6.21. The topological polar surface area (TPSA) is 94.3 Å². The number of aryl methyl sites for hydroxylation is 1. The molecule has 19 heavy (non-hydrogen) atoms. The molecular formula is C13H15N3O3. The molecule has 0 spiro atoms. The van der Waals surface area contributed by atoms with Crippen LogP contribution in [0.25, 0.3) is 11.6 Å². The number of imidazole rings is 1. The van der Waals surface area contributed by atoms with Gasteiger partial charge in [-0.25, -0.2) is 9.78 Å². The fourth-order valence-electron chi connectivity index (χ4n) is 2.50. The molecule has 0 fully saturated rings. The lowest BCUT2D eigenvalue weighted by Crippen LogP contribution is -2.32. The minimum Gasteiger partial charge on any atom is -0.476 e. The largest absolute Gasteiger partial charge is 0.476 e. The molecular weight excluding hydrogens is 246 g/mol. The number of nitrogens with zero attached hydrogens (tertiary/aromatic N) is 2. The van der Waals surface area contributed by atoms with E-state index in [-0.39, 0.29) is 11.7 Å². The van der Waals surface area contributed by atoms with Crippen LogP contribution in [0, 0.1) is 6.92 Å². The maximum Gasteiger partial charge on any atom is 0.356 e. The summed E-state index contributed by atoms with van der Waals surface area (Å²) in [7, 11) is 0. The summed E-state index contributed by atoms with van der Waals surface area (Å²) in [5.74, 6) is 0.897. The van der Waals surface area contributed by atoms with E-state index in [1.165, 1.54) is 0 Å². The van der Waals surface area contributed by atoms with Crippen molar-refractivity contribution in [1.29, 1.82) is 0 Å². The van der Waals surface area contributed by atoms with Crippen molar-refractivity contribution < 1.29 is 14.3 Å². The Kier molecular flexibility index (Phi) is 2.67. The van der Waals surface area contributed by atoms with Crippen LogP contribution in [0.1, 0.15) is 28.4 Å². The number of carboxylic acids is 1. The van der Waals surface area contributed by atoms with Gasteiger partial charge in [0, 0.05) is 12.6 Å². The predicted octanol–water partition coefficient (Wildman–Crippen LogP) is 1.42. The van der Waals surface area contributed by atoms with E-state index in [4.69, 9.17) is 10.2 Å². The second kappa shape index (κ2) is 4.24. The maximum absolute atomic E-state index is 11.3. The number of aromatic nitrogens is 2. The zero-order chi connectivity index (χ0) is 13.6. The molecule has 1 aliphatic rings. The monoisotopic (exact) mass is 261 g/mol. The van der Waals surface area contributed by atoms with Gasteiger partial charge in [-0.1, -0.05) is 0 Å². The molecule has 1 aliphatic heterocycles. The van der Waals surface area contributed by atoms with Gasteiger partial charge in [0.2, 0.25) is 0 Å². The van der Waals surface area contributed by atoms with Crippen molar-refractivity contribution in [3.63, 3.8) is 0 Å². The Morgan fingerprint density at radius 3 is 3.00 bits per heavy atom. The summed E-state index contributed by atoms with van der Waals surface area (Å²) < 4.78 is 7.42. The molecule has 0 bridgehead atoms. The van der Waals surface area contributed by atoms with Gasteiger partial charge in [0.25, 0.3) is 0 Å². The van der Waals surface area contributed by atoms with Gasteiger partial charge in [0.15, 0.2) is 17.3 Å². The normalized spacial score (nSPS) is 18.3. The van der Waals surface area contributed by atoms with Crippen LogP contribution in [0.2, 0.25) is 0 Å². The van der Waals surface area contributed by atoms with Crippen LogP contribution in [0.5, 0.6) is 0 Å². The molecule has 100 valence electrons. The quantitative estimate of drug-likeness (QED) is 0.852. The molecule has 0 aliphatic carbocycles. The molecule has 0 radical (unpaired) electrons. The summed E-state index contributed by atoms with van der Waals surface area (Å²) >= 11 is 0. The van der Waals surface area contributed by atoms with E-state index in [0.29, 0.717) is 24.6 Å². The summed E-state index contributed by atoms with van der Waals surface area (Å²) in [4.78, 5) is 15.5. The standard InChI is InChI=1S/C13H15N3O3/c1-7-2-5-10(19-7)12-15-11(13(17)18)9-4-3-8(14)6-16(9)12/h2,5,8H,3-4,6,14H2,1H3,(H,17,18). The molecule has 0 aromatic carbocycles. The van der Waals surface area contributed by atoms with E-state index in [1.54, 1.807) is 6.07 Å². The summed E-state index contributed by atoms with van der Waals surface area (Å²) in [5, 5.41) is 9.23. The van der Waals surface area contributed by atoms with Crippen molar-refractivity contribution in [3.8, 4) is 11.6 Å². The third kappa shape index (κ3) is 1.94. The number of carboxylic acid groups (broad SMARTS) is 1. The molecule has 1 unspecified atom stereocenters. The van der Waals surface area contributed by atoms with Crippen molar-refractivity contribution in [2.45, 2.75) is 32.4 Å². The SMILES string of the molecule is Cc1ccc(-c2nc(C(=O)O)c3n2CC(N)CC3)o1. The Hall–Kier alpha value is -2.08. The first kappa shape index (κ1) is 12.0. The Morgan fingerprint density at radius 1 is 1.58 bits per heavy atom. The molecule has 2 aromatic rings. The lowest BCUT2D eigenvalue weighted by Gasteiger charge is -2.22. The maximum atomic E-state index is 11.3. The highest BCUT2D eigenvalue weighted by atomic mass is 16.4. The smallest absolute Gasteiger partial charge is 0.356 e. The molecule has 0 saturated heterocycles. The van der Waals surface area contributed by atoms with Gasteiger partial charge in [0.1, 0.15) is 5.76 Å². The Labute approximate surface area is 109 Å². The summed E-state index contributed by atoms with van der Waals surface area (Å²) in [6.45, 7) is 2.41. The number of hydrogen-bond acceptors (Lipinski definition) is 4. The number of nitrogens with two attached hydrogens (primary N) is 1. The van der Waals surface area contributed by atoms with Crippen molar-refractivity contribution in [2.24, 2.45) is 5.73 Å². The van der Waals surface area contributed by atoms with Crippen molar-refractivity contribution in [2.75, 3.05) is 0 Å². The van der Waals surface area contributed by atoms with Crippen LogP contribution in [-0.4, -0.2) is 26.7 Å². The zero-order valence-electron chi connectivity index (χ0n) is 10.6. The fourth-order valence-corrected chi connectivity index (χ4v) is 2.50. The number of rotatable bonds is 2. The molecule has 3 rings (SSSR count). The van der Waals surface area contributed by atoms with E-state index in [9.17, 15) is 9.90 Å². The molecule has 1 atom stereocenters. The molecule has 6 heteroatoms. The molecule has 2 aromatic heterocycles. The fraction of sp³-hybridized carbons (Fsp3) is 0.385. The van der Waals surface area contributed by atoms with Gasteiger partial charge in [0.05, 0.1) is 5.69 Å². The molecule has 0 amide bonds. The average molecular weight is 261 g/mol. The number of furan rings is 1. The highest BCUT2D eigenvalue weighted by Crippen LogP contribution is 2.28. The minimum absolute atomic E-state index is 0.0261. The third-order valence-corrected chi connectivity index (χ3v) is 3.40. The van der Waals surface area contributed by atoms with Gasteiger partial charge in [-0.05, 0) is 31.9 Å². The van der Waals surface area contributed by atoms with Crippen LogP contribution in [-0.2, 0) is 13.0 Å². The van der Waals surface area contributed by atoms with E-state index in [1.807, 2.05) is 17.6 Å². The first-order valence-electron chi connectivity index (χ1n) is 6.21. The Morgan fingerprint density at radius 2 is 2.37 bits per heavy atom. The number of carbonyl (C=O) groups is 1. The second-order valence-corrected chi connectivity index (χ2v) is 4.86. The van der Waals surface area contributed by atoms with Gasteiger partial charge in [-0.15, -0.1) is 0 Å². The predicted molar refractivity (Wildman–Crippen MR) is 67.9 cm³/mol. The third-order valence-electron chi connectivity index (χ3n) is 3.40. The van der Waals surface area contributed by atoms with Crippen LogP contribution in [0.3, 0.4) is 0 Å². The van der Waals surface area contributed by atoms with E-state index in [0.717, 1.165) is 17.9 Å². The molecule has 6 nitrogen and oxygen atoms in total. The lowest BCUT2D eigenvalue weighted by molar-refractivity contribution is 0.0689. The Balaban J connectivity index is 2.17. The second-order valence-electron chi connectivity index (χ2n) is 4.86. The Bertz CT molecular complexity index is 642. The summed E-state index contributed by atoms with van der Waals surface area (Å²) in [6.07, 6.45) is 1.41. The average Bonchev–Trinajstić information content (AvgIpc) is 2.92. The summed E-state index contributed by atoms with van der Waals surface area (Å²) in [5.41, 5.74) is 6.80.